The fourth-order valence-corrected chi connectivity index (χ4v) is 3.20. The van der Waals surface area contributed by atoms with Gasteiger partial charge in [-0.2, -0.15) is 0 Å². The van der Waals surface area contributed by atoms with Crippen LogP contribution in [-0.2, 0) is 11.3 Å². The summed E-state index contributed by atoms with van der Waals surface area (Å²) in [6.07, 6.45) is 4.30. The van der Waals surface area contributed by atoms with E-state index in [1.807, 2.05) is 0 Å². The Kier molecular flexibility index (Phi) is 3.31. The zero-order chi connectivity index (χ0) is 15.0. The lowest BCUT2D eigenvalue weighted by atomic mass is 9.82. The quantitative estimate of drug-likeness (QED) is 0.647. The van der Waals surface area contributed by atoms with Gasteiger partial charge in [-0.05, 0) is 36.6 Å². The summed E-state index contributed by atoms with van der Waals surface area (Å²) in [5.41, 5.74) is 5.87. The van der Waals surface area contributed by atoms with Crippen molar-refractivity contribution in [2.75, 3.05) is 5.73 Å². The van der Waals surface area contributed by atoms with Gasteiger partial charge >= 0.3 is 6.03 Å². The number of carbonyl (C=O) groups is 2. The smallest absolute Gasteiger partial charge is 0.325 e. The second-order valence-corrected chi connectivity index (χ2v) is 5.81. The van der Waals surface area contributed by atoms with Gasteiger partial charge in [0, 0.05) is 5.69 Å². The standard InChI is InChI=1S/C15H18FN3O2/c16-11-4-5-12(17)10(8-11)9-19-13(20)15(18-14(19)21)6-2-1-3-7-15/h4-5,8H,1-3,6-7,9,17H2,(H,18,21). The minimum atomic E-state index is -0.753. The van der Waals surface area contributed by atoms with Crippen LogP contribution in [0.3, 0.4) is 0 Å². The van der Waals surface area contributed by atoms with Crippen molar-refractivity contribution in [1.82, 2.24) is 10.2 Å². The Balaban J connectivity index is 1.84. The van der Waals surface area contributed by atoms with Gasteiger partial charge in [-0.1, -0.05) is 19.3 Å². The summed E-state index contributed by atoms with van der Waals surface area (Å²) in [5, 5.41) is 2.83. The van der Waals surface area contributed by atoms with E-state index in [0.717, 1.165) is 24.2 Å². The highest BCUT2D eigenvalue weighted by Crippen LogP contribution is 2.34. The van der Waals surface area contributed by atoms with Gasteiger partial charge in [-0.25, -0.2) is 9.18 Å². The van der Waals surface area contributed by atoms with Gasteiger partial charge in [0.25, 0.3) is 5.91 Å². The Hall–Kier alpha value is -2.11. The van der Waals surface area contributed by atoms with Crippen molar-refractivity contribution in [3.8, 4) is 0 Å². The van der Waals surface area contributed by atoms with E-state index >= 15 is 0 Å². The predicted molar refractivity (Wildman–Crippen MR) is 75.7 cm³/mol. The summed E-state index contributed by atoms with van der Waals surface area (Å²) in [6.45, 7) is 0.00993. The van der Waals surface area contributed by atoms with E-state index in [9.17, 15) is 14.0 Å². The van der Waals surface area contributed by atoms with Gasteiger partial charge < -0.3 is 11.1 Å². The third kappa shape index (κ3) is 2.34. The Morgan fingerprint density at radius 1 is 1.24 bits per heavy atom. The number of carbonyl (C=O) groups excluding carboxylic acids is 2. The Bertz CT molecular complexity index is 597. The van der Waals surface area contributed by atoms with Crippen LogP contribution in [-0.4, -0.2) is 22.4 Å². The Morgan fingerprint density at radius 2 is 1.95 bits per heavy atom. The molecule has 3 amide bonds. The van der Waals surface area contributed by atoms with Crippen molar-refractivity contribution in [1.29, 1.82) is 0 Å². The van der Waals surface area contributed by atoms with E-state index in [1.54, 1.807) is 0 Å². The Labute approximate surface area is 122 Å². The largest absolute Gasteiger partial charge is 0.398 e. The number of urea groups is 1. The fourth-order valence-electron chi connectivity index (χ4n) is 3.20. The first-order valence-electron chi connectivity index (χ1n) is 7.20. The predicted octanol–water partition coefficient (Wildman–Crippen LogP) is 2.16. The number of nitrogens with zero attached hydrogens (tertiary/aromatic N) is 1. The molecule has 21 heavy (non-hydrogen) atoms. The number of benzene rings is 1. The van der Waals surface area contributed by atoms with E-state index in [4.69, 9.17) is 5.73 Å². The van der Waals surface area contributed by atoms with Crippen LogP contribution in [0, 0.1) is 5.82 Å². The van der Waals surface area contributed by atoms with Crippen LogP contribution in [0.2, 0.25) is 0 Å². The molecular weight excluding hydrogens is 273 g/mol. The summed E-state index contributed by atoms with van der Waals surface area (Å²) < 4.78 is 13.3. The molecule has 0 atom stereocenters. The van der Waals surface area contributed by atoms with Crippen molar-refractivity contribution in [3.63, 3.8) is 0 Å². The number of nitrogens with two attached hydrogens (primary N) is 1. The normalized spacial score (nSPS) is 20.9. The number of hydrogen-bond donors (Lipinski definition) is 2. The van der Waals surface area contributed by atoms with Crippen LogP contribution in [0.5, 0.6) is 0 Å². The maximum absolute atomic E-state index is 13.3. The van der Waals surface area contributed by atoms with Gasteiger partial charge in [-0.15, -0.1) is 0 Å². The number of anilines is 1. The summed E-state index contributed by atoms with van der Waals surface area (Å²) in [4.78, 5) is 25.9. The summed E-state index contributed by atoms with van der Waals surface area (Å²) in [6, 6.07) is 3.56. The molecule has 1 aromatic carbocycles. The molecule has 5 nitrogen and oxygen atoms in total. The van der Waals surface area contributed by atoms with Crippen LogP contribution in [0.1, 0.15) is 37.7 Å². The third-order valence-electron chi connectivity index (χ3n) is 4.39. The minimum absolute atomic E-state index is 0.00993. The molecule has 1 aliphatic carbocycles. The lowest BCUT2D eigenvalue weighted by Gasteiger charge is -2.30. The Morgan fingerprint density at radius 3 is 2.67 bits per heavy atom. The topological polar surface area (TPSA) is 75.4 Å². The molecule has 3 N–H and O–H groups in total. The third-order valence-corrected chi connectivity index (χ3v) is 4.39. The number of imide groups is 1. The highest BCUT2D eigenvalue weighted by Gasteiger charge is 2.51. The summed E-state index contributed by atoms with van der Waals surface area (Å²) >= 11 is 0. The molecule has 1 aromatic rings. The summed E-state index contributed by atoms with van der Waals surface area (Å²) in [5.74, 6) is -0.644. The van der Waals surface area contributed by atoms with Gasteiger partial charge in [0.05, 0.1) is 6.54 Å². The lowest BCUT2D eigenvalue weighted by Crippen LogP contribution is -2.48. The van der Waals surface area contributed by atoms with Crippen LogP contribution in [0.15, 0.2) is 18.2 Å². The second-order valence-electron chi connectivity index (χ2n) is 5.81. The van der Waals surface area contributed by atoms with E-state index in [2.05, 4.69) is 5.32 Å². The maximum Gasteiger partial charge on any atom is 0.325 e. The maximum atomic E-state index is 13.3. The van der Waals surface area contributed by atoms with Crippen molar-refractivity contribution >= 4 is 17.6 Å². The first kappa shape index (κ1) is 13.9. The number of nitrogen functional groups attached to an aromatic ring is 1. The molecule has 1 aliphatic heterocycles. The molecule has 1 heterocycles. The second kappa shape index (κ2) is 5.02. The number of nitrogens with one attached hydrogen (secondary N) is 1. The molecule has 1 saturated carbocycles. The monoisotopic (exact) mass is 291 g/mol. The number of hydrogen-bond acceptors (Lipinski definition) is 3. The van der Waals surface area contributed by atoms with E-state index in [1.165, 1.54) is 18.2 Å². The number of amides is 3. The van der Waals surface area contributed by atoms with Crippen LogP contribution >= 0.6 is 0 Å². The zero-order valence-corrected chi connectivity index (χ0v) is 11.7. The van der Waals surface area contributed by atoms with Gasteiger partial charge in [0.1, 0.15) is 11.4 Å². The van der Waals surface area contributed by atoms with Crippen LogP contribution in [0.4, 0.5) is 14.9 Å². The van der Waals surface area contributed by atoms with Crippen molar-refractivity contribution in [2.45, 2.75) is 44.2 Å². The van der Waals surface area contributed by atoms with Gasteiger partial charge in [0.15, 0.2) is 0 Å². The first-order chi connectivity index (χ1) is 10.0. The van der Waals surface area contributed by atoms with E-state index < -0.39 is 17.4 Å². The average Bonchev–Trinajstić information content (AvgIpc) is 2.68. The fraction of sp³-hybridized carbons (Fsp3) is 0.467. The first-order valence-corrected chi connectivity index (χ1v) is 7.20. The molecule has 0 unspecified atom stereocenters. The molecule has 0 aromatic heterocycles. The molecule has 1 saturated heterocycles. The number of rotatable bonds is 2. The van der Waals surface area contributed by atoms with E-state index in [0.29, 0.717) is 24.1 Å². The molecule has 6 heteroatoms. The van der Waals surface area contributed by atoms with Crippen molar-refractivity contribution in [3.05, 3.63) is 29.6 Å². The number of halogens is 1. The minimum Gasteiger partial charge on any atom is -0.398 e. The lowest BCUT2D eigenvalue weighted by molar-refractivity contribution is -0.132. The molecule has 0 radical (unpaired) electrons. The van der Waals surface area contributed by atoms with Crippen molar-refractivity contribution in [2.24, 2.45) is 0 Å². The molecule has 2 fully saturated rings. The molecular formula is C15H18FN3O2. The molecule has 3 rings (SSSR count). The van der Waals surface area contributed by atoms with Gasteiger partial charge in [0.2, 0.25) is 0 Å². The highest BCUT2D eigenvalue weighted by molar-refractivity contribution is 6.07. The highest BCUT2D eigenvalue weighted by atomic mass is 19.1. The molecule has 1 spiro atoms. The SMILES string of the molecule is Nc1ccc(F)cc1CN1C(=O)NC2(CCCCC2)C1=O. The average molecular weight is 291 g/mol. The van der Waals surface area contributed by atoms with Crippen LogP contribution < -0.4 is 11.1 Å². The zero-order valence-electron chi connectivity index (χ0n) is 11.7. The van der Waals surface area contributed by atoms with E-state index in [-0.39, 0.29) is 12.5 Å². The van der Waals surface area contributed by atoms with Crippen molar-refractivity contribution < 1.29 is 14.0 Å². The van der Waals surface area contributed by atoms with Gasteiger partial charge in [-0.3, -0.25) is 9.69 Å². The molecule has 2 aliphatic rings. The molecule has 112 valence electrons. The summed E-state index contributed by atoms with van der Waals surface area (Å²) in [7, 11) is 0. The van der Waals surface area contributed by atoms with Crippen LogP contribution in [0.25, 0.3) is 0 Å². The molecule has 0 bridgehead atoms.